The Morgan fingerprint density at radius 1 is 1.30 bits per heavy atom. The van der Waals surface area contributed by atoms with E-state index in [1.54, 1.807) is 13.2 Å². The van der Waals surface area contributed by atoms with Gasteiger partial charge in [0.25, 0.3) is 0 Å². The van der Waals surface area contributed by atoms with E-state index < -0.39 is 11.7 Å². The van der Waals surface area contributed by atoms with Crippen molar-refractivity contribution >= 4 is 5.69 Å². The Hall–Kier alpha value is -2.02. The Bertz CT molecular complexity index is 685. The molecule has 2 aromatic rings. The van der Waals surface area contributed by atoms with Crippen molar-refractivity contribution in [3.63, 3.8) is 0 Å². The van der Waals surface area contributed by atoms with Gasteiger partial charge in [0, 0.05) is 31.5 Å². The predicted octanol–water partition coefficient (Wildman–Crippen LogP) is 3.98. The average Bonchev–Trinajstić information content (AvgIpc) is 3.16. The molecule has 1 saturated heterocycles. The third-order valence-corrected chi connectivity index (χ3v) is 4.26. The third kappa shape index (κ3) is 3.19. The summed E-state index contributed by atoms with van der Waals surface area (Å²) in [5.74, 6) is 0.311. The second kappa shape index (κ2) is 5.56. The monoisotopic (exact) mass is 326 g/mol. The molecule has 0 bridgehead atoms. The highest BCUT2D eigenvalue weighted by molar-refractivity contribution is 5.66. The number of benzene rings is 1. The van der Waals surface area contributed by atoms with Gasteiger partial charge in [-0.25, -0.2) is 4.98 Å². The first kappa shape index (κ1) is 15.9. The van der Waals surface area contributed by atoms with E-state index in [-0.39, 0.29) is 5.60 Å². The van der Waals surface area contributed by atoms with Gasteiger partial charge < -0.3 is 14.1 Å². The van der Waals surface area contributed by atoms with Gasteiger partial charge in [0.2, 0.25) is 0 Å². The minimum Gasteiger partial charge on any atom is -0.444 e. The van der Waals surface area contributed by atoms with Crippen molar-refractivity contribution in [2.24, 2.45) is 0 Å². The number of ether oxygens (including phenoxy) is 1. The molecule has 0 amide bonds. The topological polar surface area (TPSA) is 38.5 Å². The summed E-state index contributed by atoms with van der Waals surface area (Å²) < 4.78 is 50.2. The minimum atomic E-state index is -4.42. The van der Waals surface area contributed by atoms with Crippen LogP contribution in [0.3, 0.4) is 0 Å². The lowest BCUT2D eigenvalue weighted by atomic mass is 10.1. The average molecular weight is 326 g/mol. The molecule has 1 atom stereocenters. The number of hydrogen-bond donors (Lipinski definition) is 0. The highest BCUT2D eigenvalue weighted by Gasteiger charge is 2.36. The van der Waals surface area contributed by atoms with Crippen LogP contribution in [0.15, 0.2) is 35.2 Å². The maximum Gasteiger partial charge on any atom is 0.416 e. The summed E-state index contributed by atoms with van der Waals surface area (Å²) in [5, 5.41) is 0. The number of rotatable bonds is 3. The molecule has 0 aliphatic carbocycles. The molecule has 2 heterocycles. The van der Waals surface area contributed by atoms with Crippen molar-refractivity contribution in [1.82, 2.24) is 4.98 Å². The van der Waals surface area contributed by atoms with Gasteiger partial charge in [0.1, 0.15) is 0 Å². The molecule has 23 heavy (non-hydrogen) atoms. The van der Waals surface area contributed by atoms with E-state index in [4.69, 9.17) is 9.15 Å². The summed E-state index contributed by atoms with van der Waals surface area (Å²) in [6.45, 7) is 3.14. The van der Waals surface area contributed by atoms with Crippen molar-refractivity contribution in [3.8, 4) is 11.3 Å². The Kier molecular flexibility index (Phi) is 3.83. The van der Waals surface area contributed by atoms with Crippen LogP contribution in [0.4, 0.5) is 18.9 Å². The summed E-state index contributed by atoms with van der Waals surface area (Å²) in [6, 6.07) is 3.94. The maximum atomic E-state index is 13.2. The van der Waals surface area contributed by atoms with Gasteiger partial charge in [-0.1, -0.05) is 0 Å². The van der Waals surface area contributed by atoms with E-state index in [9.17, 15) is 13.2 Å². The van der Waals surface area contributed by atoms with Gasteiger partial charge in [0.05, 0.1) is 17.4 Å². The van der Waals surface area contributed by atoms with Crippen molar-refractivity contribution in [2.45, 2.75) is 25.1 Å². The quantitative estimate of drug-likeness (QED) is 0.855. The van der Waals surface area contributed by atoms with Crippen LogP contribution < -0.4 is 4.90 Å². The molecule has 1 aliphatic heterocycles. The van der Waals surface area contributed by atoms with Crippen LogP contribution in [-0.2, 0) is 10.9 Å². The lowest BCUT2D eigenvalue weighted by Gasteiger charge is -2.25. The van der Waals surface area contributed by atoms with Crippen molar-refractivity contribution < 1.29 is 22.3 Å². The van der Waals surface area contributed by atoms with Crippen molar-refractivity contribution in [2.75, 3.05) is 25.1 Å². The van der Waals surface area contributed by atoms with Gasteiger partial charge in [-0.3, -0.25) is 0 Å². The fraction of sp³-hybridized carbons (Fsp3) is 0.438. The van der Waals surface area contributed by atoms with E-state index >= 15 is 0 Å². The van der Waals surface area contributed by atoms with Crippen LogP contribution in [0, 0.1) is 0 Å². The number of aromatic nitrogens is 1. The lowest BCUT2D eigenvalue weighted by molar-refractivity contribution is -0.137. The van der Waals surface area contributed by atoms with Gasteiger partial charge in [0.15, 0.2) is 12.2 Å². The first-order valence-electron chi connectivity index (χ1n) is 7.22. The van der Waals surface area contributed by atoms with E-state index in [1.165, 1.54) is 18.7 Å². The summed E-state index contributed by atoms with van der Waals surface area (Å²) in [4.78, 5) is 5.67. The molecule has 0 radical (unpaired) electrons. The van der Waals surface area contributed by atoms with Crippen LogP contribution in [-0.4, -0.2) is 30.8 Å². The van der Waals surface area contributed by atoms with E-state index in [0.717, 1.165) is 12.5 Å². The molecule has 1 aromatic heterocycles. The standard InChI is InChI=1S/C16H17F3N2O2/c1-15(22-2)3-4-21(9-15)13-6-11(14-8-20-10-23-14)5-12(7-13)16(17,18)19/h5-8,10H,3-4,9H2,1-2H3. The first-order chi connectivity index (χ1) is 10.8. The summed E-state index contributed by atoms with van der Waals surface area (Å²) in [5.41, 5.74) is -0.182. The predicted molar refractivity (Wildman–Crippen MR) is 79.2 cm³/mol. The van der Waals surface area contributed by atoms with Gasteiger partial charge in [-0.05, 0) is 31.5 Å². The molecule has 1 aliphatic rings. The van der Waals surface area contributed by atoms with Gasteiger partial charge >= 0.3 is 6.18 Å². The maximum absolute atomic E-state index is 13.2. The third-order valence-electron chi connectivity index (χ3n) is 4.26. The van der Waals surface area contributed by atoms with E-state index in [1.807, 2.05) is 11.8 Å². The minimum absolute atomic E-state index is 0.311. The smallest absolute Gasteiger partial charge is 0.416 e. The van der Waals surface area contributed by atoms with Crippen LogP contribution in [0.1, 0.15) is 18.9 Å². The molecule has 4 nitrogen and oxygen atoms in total. The summed E-state index contributed by atoms with van der Waals surface area (Å²) >= 11 is 0. The molecule has 0 saturated carbocycles. The van der Waals surface area contributed by atoms with Crippen LogP contribution >= 0.6 is 0 Å². The van der Waals surface area contributed by atoms with Crippen molar-refractivity contribution in [3.05, 3.63) is 36.4 Å². The van der Waals surface area contributed by atoms with Crippen LogP contribution in [0.25, 0.3) is 11.3 Å². The summed E-state index contributed by atoms with van der Waals surface area (Å²) in [7, 11) is 1.62. The summed E-state index contributed by atoms with van der Waals surface area (Å²) in [6.07, 6.45) is -1.05. The van der Waals surface area contributed by atoms with Crippen LogP contribution in [0.5, 0.6) is 0 Å². The fourth-order valence-electron chi connectivity index (χ4n) is 2.78. The number of nitrogens with zero attached hydrogens (tertiary/aromatic N) is 2. The Labute approximate surface area is 131 Å². The van der Waals surface area contributed by atoms with E-state index in [2.05, 4.69) is 4.98 Å². The molecule has 0 spiro atoms. The zero-order valence-corrected chi connectivity index (χ0v) is 12.9. The molecule has 0 N–H and O–H groups in total. The number of methoxy groups -OCH3 is 1. The van der Waals surface area contributed by atoms with E-state index in [0.29, 0.717) is 30.1 Å². The lowest BCUT2D eigenvalue weighted by Crippen LogP contribution is -2.32. The molecule has 1 unspecified atom stereocenters. The first-order valence-corrected chi connectivity index (χ1v) is 7.22. The molecule has 3 rings (SSSR count). The SMILES string of the molecule is COC1(C)CCN(c2cc(-c3cnco3)cc(C(F)(F)F)c2)C1. The molecule has 1 fully saturated rings. The highest BCUT2D eigenvalue weighted by Crippen LogP contribution is 2.38. The zero-order valence-electron chi connectivity index (χ0n) is 12.9. The highest BCUT2D eigenvalue weighted by atomic mass is 19.4. The number of alkyl halides is 3. The molecule has 1 aromatic carbocycles. The second-order valence-electron chi connectivity index (χ2n) is 5.96. The zero-order chi connectivity index (χ0) is 16.7. The number of oxazole rings is 1. The largest absolute Gasteiger partial charge is 0.444 e. The van der Waals surface area contributed by atoms with Gasteiger partial charge in [-0.15, -0.1) is 0 Å². The molecular formula is C16H17F3N2O2. The molecule has 7 heteroatoms. The Balaban J connectivity index is 2.02. The second-order valence-corrected chi connectivity index (χ2v) is 5.96. The number of anilines is 1. The van der Waals surface area contributed by atoms with Crippen molar-refractivity contribution in [1.29, 1.82) is 0 Å². The Morgan fingerprint density at radius 3 is 2.65 bits per heavy atom. The van der Waals surface area contributed by atoms with Gasteiger partial charge in [-0.2, -0.15) is 13.2 Å². The Morgan fingerprint density at radius 2 is 2.09 bits per heavy atom. The number of hydrogen-bond acceptors (Lipinski definition) is 4. The van der Waals surface area contributed by atoms with Crippen LogP contribution in [0.2, 0.25) is 0 Å². The number of halogens is 3. The fourth-order valence-corrected chi connectivity index (χ4v) is 2.78. The molecular weight excluding hydrogens is 309 g/mol. The normalized spacial score (nSPS) is 21.9. The molecule has 124 valence electrons.